The summed E-state index contributed by atoms with van der Waals surface area (Å²) in [6.45, 7) is 21.2. The minimum absolute atomic E-state index is 0.0134. The van der Waals surface area contributed by atoms with Crippen LogP contribution in [0.1, 0.15) is 79.0 Å². The van der Waals surface area contributed by atoms with E-state index in [1.54, 1.807) is 42.5 Å². The predicted octanol–water partition coefficient (Wildman–Crippen LogP) is 10.1. The Morgan fingerprint density at radius 1 is 0.662 bits per heavy atom. The quantitative estimate of drug-likeness (QED) is 0.0390. The van der Waals surface area contributed by atoms with Crippen molar-refractivity contribution >= 4 is 76.3 Å². The Balaban J connectivity index is 1.41. The highest BCUT2D eigenvalue weighted by molar-refractivity contribution is 7.91. The van der Waals surface area contributed by atoms with Gasteiger partial charge in [0.25, 0.3) is 24.2 Å². The zero-order chi connectivity index (χ0) is 58.5. The monoisotopic (exact) mass is 1180 g/mol. The van der Waals surface area contributed by atoms with Gasteiger partial charge in [0.2, 0.25) is 5.91 Å². The minimum Gasteiger partial charge on any atom is -0.493 e. The number of aryl methyl sites for hydroxylation is 2. The van der Waals surface area contributed by atoms with Crippen molar-refractivity contribution < 1.29 is 49.5 Å². The summed E-state index contributed by atoms with van der Waals surface area (Å²) in [7, 11) is -12.3. The summed E-state index contributed by atoms with van der Waals surface area (Å²) in [4.78, 5) is 51.0. The van der Waals surface area contributed by atoms with E-state index in [0.29, 0.717) is 17.1 Å². The second kappa shape index (κ2) is 23.1. The Kier molecular flexibility index (Phi) is 17.6. The third-order valence-corrected chi connectivity index (χ3v) is 32.6. The van der Waals surface area contributed by atoms with Gasteiger partial charge in [-0.3, -0.25) is 14.5 Å². The zero-order valence-corrected chi connectivity index (χ0v) is 52.7. The Morgan fingerprint density at radius 2 is 1.18 bits per heavy atom. The molecule has 0 bridgehead atoms. The highest BCUT2D eigenvalue weighted by Gasteiger charge is 2.79. The number of sulfone groups is 1. The number of imide groups is 1. The molecule has 4 amide bonds. The average Bonchev–Trinajstić information content (AvgIpc) is 4.17. The van der Waals surface area contributed by atoms with Crippen LogP contribution in [0.5, 0.6) is 11.5 Å². The smallest absolute Gasteiger partial charge is 0.328 e. The van der Waals surface area contributed by atoms with Crippen molar-refractivity contribution in [1.82, 2.24) is 14.1 Å². The topological polar surface area (TPSA) is 166 Å². The van der Waals surface area contributed by atoms with E-state index in [1.165, 1.54) is 43.4 Å². The first-order valence-electron chi connectivity index (χ1n) is 27.5. The van der Waals surface area contributed by atoms with Crippen molar-refractivity contribution in [3.05, 3.63) is 144 Å². The number of hydrogen-bond donors (Lipinski definition) is 0. The van der Waals surface area contributed by atoms with Crippen LogP contribution in [0.4, 0.5) is 4.79 Å². The summed E-state index contributed by atoms with van der Waals surface area (Å²) in [6, 6.07) is 35.2. The SMILES string of the molecule is COc1ccc(CN2C(=O)N(CCS(=O)(=O)c3ccc(C)cc3)C(=O)[C@]23C2C(C(=O)N(S(=O)(=O)c4ccc(C)cc4)[C@@H]2CO[Si](C(C)C)(C(C)C)C(C)C)[C@H](CO[Si](c2ccccc2)(c2ccccc2)C(C)(C)C)[C@H]3Cl)cc1OC. The van der Waals surface area contributed by atoms with E-state index in [1.807, 2.05) is 74.5 Å². The molecule has 6 atom stereocenters. The maximum atomic E-state index is 16.6. The fourth-order valence-electron chi connectivity index (χ4n) is 13.7. The standard InChI is InChI=1S/C61H78ClN3O11S2Si2/c1-40(2)79(41(3)4,42(5)6)75-39-51-55-54(57(66)65(51)78(71,72)47-31-26-44(8)27-32-47)50(38-76-80(60(9,10)11,48-20-16-14-17-21-48)49-22-18-15-19-23-49)56(62)61(55)58(67)63(34-35-77(69,70)46-29-24-43(7)25-30-46)59(68)64(61)37-45-28-33-52(73-12)53(36-45)74-13/h14-33,36,40-42,50-51,54-56H,34-35,37-39H2,1-13H3/t50-,51+,54?,55?,56+,61+/m0/s1. The van der Waals surface area contributed by atoms with Crippen molar-refractivity contribution in [3.63, 3.8) is 0 Å². The first-order chi connectivity index (χ1) is 37.7. The lowest BCUT2D eigenvalue weighted by Crippen LogP contribution is -2.67. The van der Waals surface area contributed by atoms with Crippen LogP contribution >= 0.6 is 11.6 Å². The van der Waals surface area contributed by atoms with E-state index in [0.717, 1.165) is 30.7 Å². The number of nitrogens with zero attached hydrogens (tertiary/aromatic N) is 3. The number of urea groups is 1. The van der Waals surface area contributed by atoms with Gasteiger partial charge >= 0.3 is 6.03 Å². The Labute approximate surface area is 481 Å². The number of benzene rings is 5. The van der Waals surface area contributed by atoms with Gasteiger partial charge in [-0.2, -0.15) is 0 Å². The molecule has 3 aliphatic rings. The third-order valence-electron chi connectivity index (χ3n) is 17.3. The van der Waals surface area contributed by atoms with Gasteiger partial charge in [-0.25, -0.2) is 25.9 Å². The molecule has 1 aliphatic carbocycles. The van der Waals surface area contributed by atoms with Crippen LogP contribution in [0.25, 0.3) is 0 Å². The summed E-state index contributed by atoms with van der Waals surface area (Å²) in [5.74, 6) is -5.41. The van der Waals surface area contributed by atoms with Crippen molar-refractivity contribution in [2.24, 2.45) is 17.8 Å². The van der Waals surface area contributed by atoms with Crippen LogP contribution in [-0.4, -0.2) is 122 Å². The molecule has 2 heterocycles. The number of halogens is 1. The number of ether oxygens (including phenoxy) is 2. The number of sulfonamides is 1. The summed E-state index contributed by atoms with van der Waals surface area (Å²) >= 11 is 8.22. The van der Waals surface area contributed by atoms with Crippen molar-refractivity contribution in [3.8, 4) is 11.5 Å². The van der Waals surface area contributed by atoms with E-state index < -0.39 is 106 Å². The zero-order valence-electron chi connectivity index (χ0n) is 48.3. The van der Waals surface area contributed by atoms with Gasteiger partial charge in [0.15, 0.2) is 29.7 Å². The number of alkyl halides is 1. The van der Waals surface area contributed by atoms with Crippen molar-refractivity contribution in [1.29, 1.82) is 0 Å². The molecule has 1 spiro atoms. The molecule has 14 nitrogen and oxygen atoms in total. The molecule has 0 aromatic heterocycles. The Morgan fingerprint density at radius 3 is 1.66 bits per heavy atom. The van der Waals surface area contributed by atoms with E-state index in [2.05, 4.69) is 62.3 Å². The fraction of sp³-hybridized carbons (Fsp3) is 0.459. The molecule has 5 aromatic rings. The molecule has 2 saturated heterocycles. The summed E-state index contributed by atoms with van der Waals surface area (Å²) in [5, 5.41) is -0.130. The molecule has 2 unspecified atom stereocenters. The van der Waals surface area contributed by atoms with Gasteiger partial charge in [0.1, 0.15) is 5.54 Å². The Hall–Kier alpha value is -5.35. The molecule has 0 N–H and O–H groups in total. The maximum absolute atomic E-state index is 16.6. The van der Waals surface area contributed by atoms with Crippen LogP contribution in [0.15, 0.2) is 137 Å². The number of carbonyl (C=O) groups is 3. The second-order valence-electron chi connectivity index (χ2n) is 23.7. The average molecular weight is 1190 g/mol. The lowest BCUT2D eigenvalue weighted by atomic mass is 9.78. The molecule has 8 rings (SSSR count). The first kappa shape index (κ1) is 60.7. The van der Waals surface area contributed by atoms with E-state index in [-0.39, 0.29) is 46.2 Å². The summed E-state index contributed by atoms with van der Waals surface area (Å²) in [6.07, 6.45) is 0. The van der Waals surface area contributed by atoms with Crippen molar-refractivity contribution in [2.45, 2.75) is 131 Å². The largest absolute Gasteiger partial charge is 0.493 e. The molecular weight excluding hydrogens is 1110 g/mol. The number of amides is 4. The fourth-order valence-corrected chi connectivity index (χ4v) is 27.2. The number of fused-ring (bicyclic) bond motifs is 2. The first-order valence-corrected chi connectivity index (χ1v) is 35.1. The minimum atomic E-state index is -4.76. The van der Waals surface area contributed by atoms with Gasteiger partial charge in [0.05, 0.1) is 53.7 Å². The molecule has 80 heavy (non-hydrogen) atoms. The Bertz CT molecular complexity index is 3230. The van der Waals surface area contributed by atoms with Gasteiger partial charge in [-0.05, 0) is 87.8 Å². The van der Waals surface area contributed by atoms with E-state index in [9.17, 15) is 8.42 Å². The molecule has 0 radical (unpaired) electrons. The van der Waals surface area contributed by atoms with Crippen LogP contribution in [0.3, 0.4) is 0 Å². The van der Waals surface area contributed by atoms with Crippen LogP contribution in [0.2, 0.25) is 21.7 Å². The van der Waals surface area contributed by atoms with Gasteiger partial charge in [-0.15, -0.1) is 11.6 Å². The maximum Gasteiger partial charge on any atom is 0.328 e. The number of hydrogen-bond acceptors (Lipinski definition) is 11. The van der Waals surface area contributed by atoms with E-state index in [4.69, 9.17) is 29.9 Å². The molecule has 5 aromatic carbocycles. The molecular formula is C61H78ClN3O11S2Si2. The second-order valence-corrected chi connectivity index (χ2v) is 37.9. The highest BCUT2D eigenvalue weighted by atomic mass is 35.5. The molecule has 19 heteroatoms. The van der Waals surface area contributed by atoms with Gasteiger partial charge in [0, 0.05) is 31.5 Å². The van der Waals surface area contributed by atoms with E-state index >= 15 is 22.8 Å². The van der Waals surface area contributed by atoms with Gasteiger partial charge < -0.3 is 23.2 Å². The number of rotatable bonds is 21. The molecule has 1 saturated carbocycles. The van der Waals surface area contributed by atoms with Crippen molar-refractivity contribution in [2.75, 3.05) is 39.7 Å². The van der Waals surface area contributed by atoms with Crippen LogP contribution in [0, 0.1) is 31.6 Å². The number of methoxy groups -OCH3 is 2. The highest BCUT2D eigenvalue weighted by Crippen LogP contribution is 2.61. The van der Waals surface area contributed by atoms with Crippen LogP contribution in [-0.2, 0) is 44.8 Å². The molecule has 2 aliphatic heterocycles. The molecule has 430 valence electrons. The predicted molar refractivity (Wildman–Crippen MR) is 318 cm³/mol. The normalized spacial score (nSPS) is 21.9. The lowest BCUT2D eigenvalue weighted by Gasteiger charge is -2.46. The third kappa shape index (κ3) is 10.3. The van der Waals surface area contributed by atoms with Crippen LogP contribution < -0.4 is 19.8 Å². The summed E-state index contributed by atoms with van der Waals surface area (Å²) in [5.41, 5.74) is -0.0383. The molecule has 3 fully saturated rings. The number of carbonyl (C=O) groups excluding carboxylic acids is 3. The van der Waals surface area contributed by atoms with Gasteiger partial charge in [-0.1, -0.05) is 164 Å². The summed E-state index contributed by atoms with van der Waals surface area (Å²) < 4.78 is 87.2. The lowest BCUT2D eigenvalue weighted by molar-refractivity contribution is -0.136.